The Hall–Kier alpha value is -1.89. The summed E-state index contributed by atoms with van der Waals surface area (Å²) in [5.74, 6) is 0.814. The fraction of sp³-hybridized carbons (Fsp3) is 0.300. The second kappa shape index (κ2) is 8.00. The molecule has 1 aliphatic rings. The topological polar surface area (TPSA) is 42.4 Å². The Kier molecular flexibility index (Phi) is 5.48. The van der Waals surface area contributed by atoms with Gasteiger partial charge in [0.2, 0.25) is 0 Å². The fourth-order valence-corrected chi connectivity index (χ4v) is 4.57. The molecule has 0 N–H and O–H groups in total. The van der Waals surface area contributed by atoms with E-state index >= 15 is 0 Å². The lowest BCUT2D eigenvalue weighted by Crippen LogP contribution is -2.32. The lowest BCUT2D eigenvalue weighted by atomic mass is 10.2. The number of benzene rings is 1. The predicted octanol–water partition coefficient (Wildman–Crippen LogP) is 5.55. The molecule has 2 aromatic heterocycles. The zero-order valence-electron chi connectivity index (χ0n) is 14.9. The molecule has 1 amide bonds. The standard InChI is InChI=1S/C20H19ClN2O2S2/c1-13-19(20(24)23(16-4-5-16)10-14-8-9-26-12-14)27-18(22-13)11-25-17-6-2-15(21)3-7-17/h2-3,6-9,12,16H,4-5,10-11H2,1H3. The number of thiophene rings is 1. The van der Waals surface area contributed by atoms with Gasteiger partial charge in [-0.15, -0.1) is 11.3 Å². The third-order valence-corrected chi connectivity index (χ3v) is 6.50. The van der Waals surface area contributed by atoms with Crippen LogP contribution in [-0.4, -0.2) is 21.8 Å². The predicted molar refractivity (Wildman–Crippen MR) is 110 cm³/mol. The van der Waals surface area contributed by atoms with Crippen LogP contribution >= 0.6 is 34.3 Å². The van der Waals surface area contributed by atoms with Gasteiger partial charge >= 0.3 is 0 Å². The number of carbonyl (C=O) groups is 1. The average molecular weight is 419 g/mol. The zero-order chi connectivity index (χ0) is 18.8. The first-order valence-electron chi connectivity index (χ1n) is 8.77. The summed E-state index contributed by atoms with van der Waals surface area (Å²) in [6, 6.07) is 9.66. The highest BCUT2D eigenvalue weighted by molar-refractivity contribution is 7.13. The van der Waals surface area contributed by atoms with Crippen LogP contribution in [-0.2, 0) is 13.2 Å². The molecule has 1 saturated carbocycles. The summed E-state index contributed by atoms with van der Waals surface area (Å²) >= 11 is 8.98. The van der Waals surface area contributed by atoms with E-state index in [0.29, 0.717) is 29.1 Å². The Labute approximate surface area is 171 Å². The summed E-state index contributed by atoms with van der Waals surface area (Å²) in [6.07, 6.45) is 2.17. The molecule has 2 heterocycles. The van der Waals surface area contributed by atoms with Crippen molar-refractivity contribution < 1.29 is 9.53 Å². The number of aromatic nitrogens is 1. The van der Waals surface area contributed by atoms with E-state index in [1.165, 1.54) is 16.9 Å². The van der Waals surface area contributed by atoms with Crippen LogP contribution in [0, 0.1) is 6.92 Å². The highest BCUT2D eigenvalue weighted by Crippen LogP contribution is 2.32. The van der Waals surface area contributed by atoms with E-state index in [0.717, 1.165) is 29.3 Å². The Morgan fingerprint density at radius 1 is 1.30 bits per heavy atom. The molecule has 0 bridgehead atoms. The number of hydrogen-bond acceptors (Lipinski definition) is 5. The molecule has 1 aromatic carbocycles. The van der Waals surface area contributed by atoms with Crippen LogP contribution in [0.15, 0.2) is 41.1 Å². The molecule has 7 heteroatoms. The van der Waals surface area contributed by atoms with Crippen molar-refractivity contribution in [3.63, 3.8) is 0 Å². The number of nitrogens with zero attached hydrogens (tertiary/aromatic N) is 2. The number of amides is 1. The molecule has 0 unspecified atom stereocenters. The van der Waals surface area contributed by atoms with E-state index < -0.39 is 0 Å². The largest absolute Gasteiger partial charge is 0.486 e. The van der Waals surface area contributed by atoms with Crippen LogP contribution in [0.25, 0.3) is 0 Å². The van der Waals surface area contributed by atoms with Crippen molar-refractivity contribution in [2.24, 2.45) is 0 Å². The van der Waals surface area contributed by atoms with Gasteiger partial charge in [0.1, 0.15) is 22.2 Å². The first-order valence-corrected chi connectivity index (χ1v) is 10.9. The van der Waals surface area contributed by atoms with Crippen LogP contribution in [0.5, 0.6) is 5.75 Å². The molecule has 0 saturated heterocycles. The summed E-state index contributed by atoms with van der Waals surface area (Å²) in [6.45, 7) is 2.90. The van der Waals surface area contributed by atoms with E-state index in [4.69, 9.17) is 16.3 Å². The van der Waals surface area contributed by atoms with Gasteiger partial charge in [-0.05, 0) is 66.4 Å². The fourth-order valence-electron chi connectivity index (χ4n) is 2.85. The van der Waals surface area contributed by atoms with E-state index in [9.17, 15) is 4.79 Å². The number of thiazole rings is 1. The van der Waals surface area contributed by atoms with Crippen LogP contribution in [0.2, 0.25) is 5.02 Å². The van der Waals surface area contributed by atoms with Crippen molar-refractivity contribution in [3.05, 3.63) is 67.3 Å². The lowest BCUT2D eigenvalue weighted by molar-refractivity contribution is 0.0734. The van der Waals surface area contributed by atoms with E-state index in [-0.39, 0.29) is 5.91 Å². The minimum atomic E-state index is 0.0800. The zero-order valence-corrected chi connectivity index (χ0v) is 17.2. The molecule has 0 atom stereocenters. The second-order valence-electron chi connectivity index (χ2n) is 6.56. The minimum Gasteiger partial charge on any atom is -0.486 e. The summed E-state index contributed by atoms with van der Waals surface area (Å²) in [7, 11) is 0. The highest BCUT2D eigenvalue weighted by atomic mass is 35.5. The van der Waals surface area contributed by atoms with Gasteiger partial charge in [-0.1, -0.05) is 11.6 Å². The normalized spacial score (nSPS) is 13.6. The SMILES string of the molecule is Cc1nc(COc2ccc(Cl)cc2)sc1C(=O)N(Cc1ccsc1)C1CC1. The molecule has 3 aromatic rings. The first kappa shape index (κ1) is 18.5. The molecule has 4 nitrogen and oxygen atoms in total. The molecule has 140 valence electrons. The van der Waals surface area contributed by atoms with Gasteiger partial charge in [0, 0.05) is 17.6 Å². The molecule has 0 radical (unpaired) electrons. The van der Waals surface area contributed by atoms with Crippen LogP contribution in [0.1, 0.15) is 38.8 Å². The van der Waals surface area contributed by atoms with Crippen molar-refractivity contribution in [1.29, 1.82) is 0 Å². The second-order valence-corrected chi connectivity index (χ2v) is 8.86. The van der Waals surface area contributed by atoms with Crippen molar-refractivity contribution in [2.45, 2.75) is 39.0 Å². The quantitative estimate of drug-likeness (QED) is 0.505. The lowest BCUT2D eigenvalue weighted by Gasteiger charge is -2.21. The minimum absolute atomic E-state index is 0.0800. The summed E-state index contributed by atoms with van der Waals surface area (Å²) in [5, 5.41) is 5.63. The van der Waals surface area contributed by atoms with Crippen molar-refractivity contribution in [1.82, 2.24) is 9.88 Å². The molecule has 4 rings (SSSR count). The summed E-state index contributed by atoms with van der Waals surface area (Å²) in [5.41, 5.74) is 1.96. The van der Waals surface area contributed by atoms with E-state index in [1.807, 2.05) is 24.0 Å². The summed E-state index contributed by atoms with van der Waals surface area (Å²) < 4.78 is 5.77. The van der Waals surface area contributed by atoms with Crippen LogP contribution in [0.3, 0.4) is 0 Å². The molecule has 27 heavy (non-hydrogen) atoms. The Bertz CT molecular complexity index is 918. The number of aryl methyl sites for hydroxylation is 1. The van der Waals surface area contributed by atoms with Gasteiger partial charge in [0.15, 0.2) is 0 Å². The third kappa shape index (κ3) is 4.51. The summed E-state index contributed by atoms with van der Waals surface area (Å²) in [4.78, 5) is 20.4. The smallest absolute Gasteiger partial charge is 0.266 e. The number of hydrogen-bond donors (Lipinski definition) is 0. The number of ether oxygens (including phenoxy) is 1. The number of halogens is 1. The highest BCUT2D eigenvalue weighted by Gasteiger charge is 2.34. The first-order chi connectivity index (χ1) is 13.1. The monoisotopic (exact) mass is 418 g/mol. The maximum atomic E-state index is 13.1. The molecular weight excluding hydrogens is 400 g/mol. The Morgan fingerprint density at radius 3 is 2.74 bits per heavy atom. The molecule has 1 aliphatic carbocycles. The molecule has 0 spiro atoms. The van der Waals surface area contributed by atoms with Gasteiger partial charge < -0.3 is 9.64 Å². The maximum absolute atomic E-state index is 13.1. The van der Waals surface area contributed by atoms with Gasteiger partial charge in [-0.3, -0.25) is 4.79 Å². The average Bonchev–Trinajstić information content (AvgIpc) is 3.24. The Morgan fingerprint density at radius 2 is 2.07 bits per heavy atom. The molecule has 0 aliphatic heterocycles. The number of rotatable bonds is 7. The van der Waals surface area contributed by atoms with Crippen LogP contribution < -0.4 is 4.74 Å². The van der Waals surface area contributed by atoms with Crippen LogP contribution in [0.4, 0.5) is 0 Å². The molecular formula is C20H19ClN2O2S2. The Balaban J connectivity index is 1.46. The third-order valence-electron chi connectivity index (χ3n) is 4.39. The van der Waals surface area contributed by atoms with Gasteiger partial charge in [0.05, 0.1) is 5.69 Å². The van der Waals surface area contributed by atoms with Crippen molar-refractivity contribution >= 4 is 40.2 Å². The van der Waals surface area contributed by atoms with Crippen molar-refractivity contribution in [2.75, 3.05) is 0 Å². The molecule has 1 fully saturated rings. The van der Waals surface area contributed by atoms with Gasteiger partial charge in [-0.2, -0.15) is 11.3 Å². The number of carbonyl (C=O) groups excluding carboxylic acids is 1. The van der Waals surface area contributed by atoms with E-state index in [1.54, 1.807) is 23.5 Å². The van der Waals surface area contributed by atoms with Gasteiger partial charge in [-0.25, -0.2) is 4.98 Å². The van der Waals surface area contributed by atoms with Crippen molar-refractivity contribution in [3.8, 4) is 5.75 Å². The maximum Gasteiger partial charge on any atom is 0.266 e. The van der Waals surface area contributed by atoms with E-state index in [2.05, 4.69) is 21.8 Å². The van der Waals surface area contributed by atoms with Gasteiger partial charge in [0.25, 0.3) is 5.91 Å².